The van der Waals surface area contributed by atoms with Crippen LogP contribution in [0.3, 0.4) is 0 Å². The molecular formula is C106H118N4. The molecule has 562 valence electrons. The van der Waals surface area contributed by atoms with Crippen molar-refractivity contribution < 1.29 is 0 Å². The lowest BCUT2D eigenvalue weighted by Crippen LogP contribution is -2.16. The molecule has 0 radical (unpaired) electrons. The van der Waals surface area contributed by atoms with Gasteiger partial charge in [-0.25, -0.2) is 9.97 Å². The molecule has 110 heavy (non-hydrogen) atoms. The van der Waals surface area contributed by atoms with Crippen molar-refractivity contribution in [2.75, 3.05) is 0 Å². The first kappa shape index (κ1) is 79.1. The summed E-state index contributed by atoms with van der Waals surface area (Å²) in [6, 6.07) is 64.3. The summed E-state index contributed by atoms with van der Waals surface area (Å²) in [5.74, 6) is 0. The van der Waals surface area contributed by atoms with Crippen molar-refractivity contribution in [3.63, 3.8) is 0 Å². The maximum absolute atomic E-state index is 5.18. The van der Waals surface area contributed by atoms with Crippen molar-refractivity contribution in [2.24, 2.45) is 0 Å². The van der Waals surface area contributed by atoms with Gasteiger partial charge >= 0.3 is 0 Å². The van der Waals surface area contributed by atoms with Crippen LogP contribution in [0, 0.1) is 0 Å². The zero-order valence-corrected chi connectivity index (χ0v) is 70.3. The van der Waals surface area contributed by atoms with Gasteiger partial charge in [-0.2, -0.15) is 0 Å². The number of rotatable bonds is 13. The molecule has 0 saturated heterocycles. The van der Waals surface area contributed by atoms with Crippen LogP contribution in [0.15, 0.2) is 170 Å². The van der Waals surface area contributed by atoms with Crippen molar-refractivity contribution in [2.45, 2.75) is 209 Å². The fourth-order valence-corrected chi connectivity index (χ4v) is 14.0. The van der Waals surface area contributed by atoms with E-state index in [1.165, 1.54) is 66.8 Å². The standard InChI is InChI=1S/C106H118N4/c1-99(2,3)80-52-75(53-81(60-80)100(4,5)6)32-28-69-46-70(29-33-76-54-82(101(7,8)9)61-83(55-76)102(10,11)12)49-73(48-69)36-38-79-26-25-27-96(97-67-94-66-92-42-41-90(108-92)64-88-39-40-89(107-88)65-91-43-44-93(109-91)68-98(97)110-94)95(79)45-37-74-50-71(30-34-77-56-84(103(13,14)15)62-85(57-77)104(16,17)18)47-72(51-74)31-35-78-58-86(105(19,20)21)63-87(59-78)106(22,23)24/h25-68,107,110H,1-24H3. The Morgan fingerprint density at radius 3 is 0.764 bits per heavy atom. The number of benzene rings is 7. The van der Waals surface area contributed by atoms with E-state index in [0.29, 0.717) is 0 Å². The largest absolute Gasteiger partial charge is 0.355 e. The summed E-state index contributed by atoms with van der Waals surface area (Å²) in [7, 11) is 0. The molecule has 12 rings (SSSR count). The zero-order chi connectivity index (χ0) is 79.3. The number of hydrogen-bond donors (Lipinski definition) is 2. The van der Waals surface area contributed by atoms with E-state index < -0.39 is 0 Å². The molecule has 0 aliphatic carbocycles. The smallest absolute Gasteiger partial charge is 0.0658 e. The van der Waals surface area contributed by atoms with Crippen molar-refractivity contribution in [1.82, 2.24) is 19.9 Å². The fourth-order valence-electron chi connectivity index (χ4n) is 14.0. The summed E-state index contributed by atoms with van der Waals surface area (Å²) in [4.78, 5) is 17.7. The van der Waals surface area contributed by atoms with Crippen LogP contribution in [0.4, 0.5) is 0 Å². The summed E-state index contributed by atoms with van der Waals surface area (Å²) in [5, 5.41) is 0. The first-order valence-electron chi connectivity index (χ1n) is 39.6. The molecule has 2 aliphatic rings. The molecule has 0 amide bonds. The third-order valence-corrected chi connectivity index (χ3v) is 21.1. The average molecular weight is 1450 g/mol. The van der Waals surface area contributed by atoms with Crippen molar-refractivity contribution >= 4 is 119 Å². The van der Waals surface area contributed by atoms with E-state index in [2.05, 4.69) is 443 Å². The van der Waals surface area contributed by atoms with Crippen LogP contribution in [-0.2, 0) is 43.3 Å². The Labute approximate surface area is 659 Å². The van der Waals surface area contributed by atoms with Crippen LogP contribution in [-0.4, -0.2) is 19.9 Å². The van der Waals surface area contributed by atoms with Gasteiger partial charge in [-0.05, 0) is 263 Å². The SMILES string of the molecule is CC(C)(C)c1cc(C=Cc2cc(C=Cc3cc(C(C)(C)C)cc(C(C)(C)C)c3)cc(C=Cc3cccc(-c4cc5cc6nc(cc7ccc(cc8nc(cc4[nH]5)C=C8)[nH]7)C=C6)c3C=Cc3cc(C=Cc4cc(C(C)(C)C)cc(C(C)(C)C)c4)cc(C=Cc4cc(C(C)(C)C)cc(C(C)(C)C)c4)c3)c2)cc(C(C)(C)C)c1. The maximum Gasteiger partial charge on any atom is 0.0658 e. The van der Waals surface area contributed by atoms with E-state index in [-0.39, 0.29) is 43.3 Å². The van der Waals surface area contributed by atoms with E-state index in [4.69, 9.17) is 9.97 Å². The van der Waals surface area contributed by atoms with Gasteiger partial charge in [0.15, 0.2) is 0 Å². The number of aromatic nitrogens is 4. The predicted molar refractivity (Wildman–Crippen MR) is 486 cm³/mol. The van der Waals surface area contributed by atoms with Gasteiger partial charge in [0.25, 0.3) is 0 Å². The molecule has 4 nitrogen and oxygen atoms in total. The molecule has 10 aromatic rings. The highest BCUT2D eigenvalue weighted by atomic mass is 14.8. The molecule has 7 aromatic carbocycles. The molecule has 2 aliphatic heterocycles. The predicted octanol–water partition coefficient (Wildman–Crippen LogP) is 29.7. The van der Waals surface area contributed by atoms with Gasteiger partial charge in [0.2, 0.25) is 0 Å². The Hall–Kier alpha value is -10.4. The second-order valence-corrected chi connectivity index (χ2v) is 39.1. The summed E-state index contributed by atoms with van der Waals surface area (Å²) in [6.07, 6.45) is 36.1. The molecule has 0 saturated carbocycles. The van der Waals surface area contributed by atoms with Crippen LogP contribution in [0.1, 0.15) is 300 Å². The molecule has 0 atom stereocenters. The number of nitrogens with zero attached hydrogens (tertiary/aromatic N) is 2. The minimum absolute atomic E-state index is 0.0149. The highest BCUT2D eigenvalue weighted by molar-refractivity contribution is 5.96. The lowest BCUT2D eigenvalue weighted by atomic mass is 9.79. The average Bonchev–Trinajstić information content (AvgIpc) is 1.56. The summed E-state index contributed by atoms with van der Waals surface area (Å²) in [5.41, 5.74) is 33.5. The minimum atomic E-state index is -0.0202. The van der Waals surface area contributed by atoms with Crippen LogP contribution in [0.2, 0.25) is 0 Å². The van der Waals surface area contributed by atoms with Gasteiger partial charge in [-0.15, -0.1) is 0 Å². The topological polar surface area (TPSA) is 57.4 Å². The molecule has 8 bridgehead atoms. The Balaban J connectivity index is 1.07. The van der Waals surface area contributed by atoms with E-state index in [9.17, 15) is 0 Å². The van der Waals surface area contributed by atoms with Gasteiger partial charge in [0.1, 0.15) is 0 Å². The highest BCUT2D eigenvalue weighted by Crippen LogP contribution is 2.39. The molecule has 0 spiro atoms. The molecule has 5 heterocycles. The zero-order valence-electron chi connectivity index (χ0n) is 70.3. The number of H-pyrrole nitrogens is 2. The summed E-state index contributed by atoms with van der Waals surface area (Å²) >= 11 is 0. The highest BCUT2D eigenvalue weighted by Gasteiger charge is 2.25. The van der Waals surface area contributed by atoms with Gasteiger partial charge in [-0.3, -0.25) is 0 Å². The summed E-state index contributed by atoms with van der Waals surface area (Å²) in [6.45, 7) is 55.5. The third kappa shape index (κ3) is 20.1. The van der Waals surface area contributed by atoms with Crippen molar-refractivity contribution in [3.8, 4) is 11.1 Å². The lowest BCUT2D eigenvalue weighted by Gasteiger charge is -2.25. The molecule has 2 N–H and O–H groups in total. The Bertz CT molecular complexity index is 5250. The Morgan fingerprint density at radius 2 is 0.473 bits per heavy atom. The van der Waals surface area contributed by atoms with Crippen molar-refractivity contribution in [1.29, 1.82) is 0 Å². The number of aromatic amines is 2. The minimum Gasteiger partial charge on any atom is -0.355 e. The fraction of sp³-hybridized carbons (Fsp3) is 0.302. The van der Waals surface area contributed by atoms with Crippen LogP contribution < -0.4 is 0 Å². The molecule has 0 fully saturated rings. The number of fused-ring (bicyclic) bond motifs is 8. The maximum atomic E-state index is 5.18. The normalized spacial score (nSPS) is 13.7. The number of nitrogens with one attached hydrogen (secondary N) is 2. The van der Waals surface area contributed by atoms with Gasteiger partial charge in [0.05, 0.1) is 22.8 Å². The van der Waals surface area contributed by atoms with Crippen LogP contribution in [0.5, 0.6) is 0 Å². The number of hydrogen-bond acceptors (Lipinski definition) is 2. The van der Waals surface area contributed by atoms with Gasteiger partial charge in [-0.1, -0.05) is 330 Å². The first-order chi connectivity index (χ1) is 51.4. The monoisotopic (exact) mass is 1450 g/mol. The molecular weight excluding hydrogens is 1330 g/mol. The molecule has 3 aromatic heterocycles. The third-order valence-electron chi connectivity index (χ3n) is 21.1. The second kappa shape index (κ2) is 30.4. The second-order valence-electron chi connectivity index (χ2n) is 39.1. The van der Waals surface area contributed by atoms with Crippen LogP contribution >= 0.6 is 0 Å². The quantitative estimate of drug-likeness (QED) is 0.113. The molecule has 0 unspecified atom stereocenters. The van der Waals surface area contributed by atoms with E-state index >= 15 is 0 Å². The van der Waals surface area contributed by atoms with E-state index in [0.717, 1.165) is 100 Å². The van der Waals surface area contributed by atoms with E-state index in [1.54, 1.807) is 0 Å². The van der Waals surface area contributed by atoms with E-state index in [1.807, 2.05) is 0 Å². The first-order valence-corrected chi connectivity index (χ1v) is 39.6. The Morgan fingerprint density at radius 1 is 0.218 bits per heavy atom. The Kier molecular flexibility index (Phi) is 21.9. The summed E-state index contributed by atoms with van der Waals surface area (Å²) < 4.78 is 0. The lowest BCUT2D eigenvalue weighted by molar-refractivity contribution is 0.568. The van der Waals surface area contributed by atoms with Crippen LogP contribution in [0.25, 0.3) is 130 Å². The van der Waals surface area contributed by atoms with Gasteiger partial charge < -0.3 is 9.97 Å². The van der Waals surface area contributed by atoms with Crippen molar-refractivity contribution in [3.05, 3.63) is 304 Å². The molecule has 4 heteroatoms. The van der Waals surface area contributed by atoms with Gasteiger partial charge in [0, 0.05) is 27.6 Å².